The van der Waals surface area contributed by atoms with E-state index in [4.69, 9.17) is 0 Å². The van der Waals surface area contributed by atoms with E-state index in [1.807, 2.05) is 0 Å². The van der Waals surface area contributed by atoms with Crippen molar-refractivity contribution in [1.29, 1.82) is 0 Å². The maximum absolute atomic E-state index is 2.47. The molecule has 0 aliphatic carbocycles. The van der Waals surface area contributed by atoms with Crippen molar-refractivity contribution in [1.82, 2.24) is 0 Å². The van der Waals surface area contributed by atoms with Crippen LogP contribution in [0.3, 0.4) is 0 Å². The Balaban J connectivity index is 1.70. The van der Waals surface area contributed by atoms with Gasteiger partial charge in [0.15, 0.2) is 0 Å². The number of aryl methyl sites for hydroxylation is 2. The zero-order chi connectivity index (χ0) is 23.8. The Labute approximate surface area is 206 Å². The quantitative estimate of drug-likeness (QED) is 0.228. The van der Waals surface area contributed by atoms with Gasteiger partial charge in [-0.25, -0.2) is 0 Å². The van der Waals surface area contributed by atoms with Crippen molar-refractivity contribution in [3.8, 4) is 0 Å². The lowest BCUT2D eigenvalue weighted by molar-refractivity contribution is 0.485. The Morgan fingerprint density at radius 3 is 1.79 bits per heavy atom. The van der Waals surface area contributed by atoms with E-state index in [0.717, 1.165) is 12.8 Å². The molecule has 0 bridgehead atoms. The molecule has 0 spiro atoms. The molecule has 0 saturated heterocycles. The largest absolute Gasteiger partial charge is 0.0622 e. The maximum Gasteiger partial charge on any atom is -0.00525 e. The molecule has 0 fully saturated rings. The summed E-state index contributed by atoms with van der Waals surface area (Å²) in [5.41, 5.74) is 8.59. The molecule has 0 radical (unpaired) electrons. The third-order valence-corrected chi connectivity index (χ3v) is 7.08. The molecule has 0 saturated carbocycles. The molecule has 0 amide bonds. The molecule has 0 aliphatic heterocycles. The van der Waals surface area contributed by atoms with Gasteiger partial charge in [-0.05, 0) is 78.2 Å². The van der Waals surface area contributed by atoms with Gasteiger partial charge in [-0.2, -0.15) is 0 Å². The second kappa shape index (κ2) is 11.8. The van der Waals surface area contributed by atoms with Gasteiger partial charge < -0.3 is 0 Å². The van der Waals surface area contributed by atoms with Crippen LogP contribution in [0.2, 0.25) is 0 Å². The molecule has 0 nitrogen and oxygen atoms in total. The molecular weight excluding hydrogens is 408 g/mol. The van der Waals surface area contributed by atoms with Gasteiger partial charge in [-0.15, -0.1) is 0 Å². The first-order valence-corrected chi connectivity index (χ1v) is 12.8. The third kappa shape index (κ3) is 6.48. The van der Waals surface area contributed by atoms with Crippen molar-refractivity contribution in [2.24, 2.45) is 0 Å². The molecule has 0 heterocycles. The fourth-order valence-corrected chi connectivity index (χ4v) is 5.18. The predicted molar refractivity (Wildman–Crippen MR) is 147 cm³/mol. The van der Waals surface area contributed by atoms with Crippen LogP contribution in [0, 0.1) is 6.92 Å². The predicted octanol–water partition coefficient (Wildman–Crippen LogP) is 9.25. The average Bonchev–Trinajstić information content (AvgIpc) is 2.87. The number of rotatable bonds is 10. The smallest absolute Gasteiger partial charge is 0.00525 e. The first kappa shape index (κ1) is 24.0. The van der Waals surface area contributed by atoms with Crippen LogP contribution in [0.15, 0.2) is 109 Å². The van der Waals surface area contributed by atoms with Crippen molar-refractivity contribution in [2.45, 2.75) is 64.2 Å². The van der Waals surface area contributed by atoms with Crippen LogP contribution in [0.1, 0.15) is 77.8 Å². The zero-order valence-corrected chi connectivity index (χ0v) is 21.0. The summed E-state index contributed by atoms with van der Waals surface area (Å²) in [6.07, 6.45) is 4.57. The van der Waals surface area contributed by atoms with Gasteiger partial charge in [-0.3, -0.25) is 0 Å². The van der Waals surface area contributed by atoms with E-state index in [2.05, 4.69) is 130 Å². The Hall–Kier alpha value is -3.12. The van der Waals surface area contributed by atoms with Crippen LogP contribution in [-0.4, -0.2) is 0 Å². The van der Waals surface area contributed by atoms with Crippen molar-refractivity contribution in [2.75, 3.05) is 0 Å². The minimum absolute atomic E-state index is 0.443. The minimum atomic E-state index is 0.443. The fourth-order valence-electron chi connectivity index (χ4n) is 5.18. The normalized spacial score (nSPS) is 13.1. The van der Waals surface area contributed by atoms with Crippen molar-refractivity contribution < 1.29 is 0 Å². The van der Waals surface area contributed by atoms with Crippen LogP contribution in [-0.2, 0) is 12.8 Å². The highest BCUT2D eigenvalue weighted by atomic mass is 14.3. The van der Waals surface area contributed by atoms with Crippen LogP contribution in [0.5, 0.6) is 0 Å². The SMILES string of the molecule is Cc1cccc(C(CCCc2ccccc2)C(Cc2ccccc2)c2cccc(C(C)C)c2)c1. The first-order valence-electron chi connectivity index (χ1n) is 12.8. The molecular formula is C34H38. The summed E-state index contributed by atoms with van der Waals surface area (Å²) in [5, 5.41) is 0. The van der Waals surface area contributed by atoms with E-state index in [1.165, 1.54) is 46.2 Å². The maximum atomic E-state index is 2.47. The highest BCUT2D eigenvalue weighted by Gasteiger charge is 2.26. The molecule has 174 valence electrons. The van der Waals surface area contributed by atoms with Gasteiger partial charge in [0.05, 0.1) is 0 Å². The van der Waals surface area contributed by atoms with E-state index < -0.39 is 0 Å². The molecule has 4 rings (SSSR count). The van der Waals surface area contributed by atoms with E-state index in [0.29, 0.717) is 17.8 Å². The third-order valence-electron chi connectivity index (χ3n) is 7.08. The Morgan fingerprint density at radius 1 is 0.559 bits per heavy atom. The standard InChI is InChI=1S/C34H38/c1-26(2)30-19-12-21-32(25-30)34(24-29-16-8-5-9-17-29)33(31-20-10-13-27(3)23-31)22-11-18-28-14-6-4-7-15-28/h4-10,12-17,19-21,23,25-26,33-34H,11,18,22,24H2,1-3H3. The van der Waals surface area contributed by atoms with Crippen molar-refractivity contribution >= 4 is 0 Å². The van der Waals surface area contributed by atoms with Gasteiger partial charge in [0, 0.05) is 0 Å². The Morgan fingerprint density at radius 2 is 1.15 bits per heavy atom. The molecule has 0 heteroatoms. The lowest BCUT2D eigenvalue weighted by Gasteiger charge is -2.30. The second-order valence-electron chi connectivity index (χ2n) is 10.0. The van der Waals surface area contributed by atoms with Crippen LogP contribution in [0.4, 0.5) is 0 Å². The average molecular weight is 447 g/mol. The van der Waals surface area contributed by atoms with Gasteiger partial charge in [0.1, 0.15) is 0 Å². The van der Waals surface area contributed by atoms with Crippen LogP contribution >= 0.6 is 0 Å². The summed E-state index contributed by atoms with van der Waals surface area (Å²) in [7, 11) is 0. The van der Waals surface area contributed by atoms with Gasteiger partial charge in [0.2, 0.25) is 0 Å². The Bertz CT molecular complexity index is 1140. The molecule has 4 aromatic rings. The van der Waals surface area contributed by atoms with Crippen LogP contribution in [0.25, 0.3) is 0 Å². The van der Waals surface area contributed by atoms with E-state index >= 15 is 0 Å². The molecule has 4 aromatic carbocycles. The highest BCUT2D eigenvalue weighted by molar-refractivity contribution is 5.36. The van der Waals surface area contributed by atoms with Crippen molar-refractivity contribution in [3.63, 3.8) is 0 Å². The monoisotopic (exact) mass is 446 g/mol. The molecule has 0 aromatic heterocycles. The van der Waals surface area contributed by atoms with Gasteiger partial charge in [-0.1, -0.05) is 129 Å². The van der Waals surface area contributed by atoms with E-state index in [9.17, 15) is 0 Å². The van der Waals surface area contributed by atoms with Crippen LogP contribution < -0.4 is 0 Å². The van der Waals surface area contributed by atoms with E-state index in [-0.39, 0.29) is 0 Å². The number of hydrogen-bond acceptors (Lipinski definition) is 0. The first-order chi connectivity index (χ1) is 16.6. The van der Waals surface area contributed by atoms with E-state index in [1.54, 1.807) is 0 Å². The summed E-state index contributed by atoms with van der Waals surface area (Å²) < 4.78 is 0. The van der Waals surface area contributed by atoms with Crippen molar-refractivity contribution in [3.05, 3.63) is 143 Å². The molecule has 34 heavy (non-hydrogen) atoms. The highest BCUT2D eigenvalue weighted by Crippen LogP contribution is 2.40. The molecule has 0 aliphatic rings. The Kier molecular flexibility index (Phi) is 8.36. The molecule has 2 atom stereocenters. The summed E-state index contributed by atoms with van der Waals surface area (Å²) in [4.78, 5) is 0. The lowest BCUT2D eigenvalue weighted by Crippen LogP contribution is -2.15. The topological polar surface area (TPSA) is 0 Å². The summed E-state index contributed by atoms with van der Waals surface area (Å²) in [6, 6.07) is 40.6. The van der Waals surface area contributed by atoms with Gasteiger partial charge in [0.25, 0.3) is 0 Å². The minimum Gasteiger partial charge on any atom is -0.0622 e. The summed E-state index contributed by atoms with van der Waals surface area (Å²) in [6.45, 7) is 6.81. The second-order valence-corrected chi connectivity index (χ2v) is 10.0. The molecule has 2 unspecified atom stereocenters. The fraction of sp³-hybridized carbons (Fsp3) is 0.294. The number of hydrogen-bond donors (Lipinski definition) is 0. The summed E-state index contributed by atoms with van der Waals surface area (Å²) in [5.74, 6) is 1.46. The summed E-state index contributed by atoms with van der Waals surface area (Å²) >= 11 is 0. The van der Waals surface area contributed by atoms with Gasteiger partial charge >= 0.3 is 0 Å². The number of benzene rings is 4. The zero-order valence-electron chi connectivity index (χ0n) is 21.0. The molecule has 0 N–H and O–H groups in total. The lowest BCUT2D eigenvalue weighted by atomic mass is 9.74.